The standard InChI is InChI=1S/C10H4BrCl2N3/c11-10-6(4-14)5-15-16(10)8-3-1-2-7(12)9(8)13/h1-3,5H. The molecule has 2 aromatic rings. The third-order valence-corrected chi connectivity index (χ3v) is 3.56. The molecule has 0 radical (unpaired) electrons. The molecular weight excluding hydrogens is 313 g/mol. The van der Waals surface area contributed by atoms with E-state index in [0.717, 1.165) is 0 Å². The van der Waals surface area contributed by atoms with Crippen molar-refractivity contribution in [2.24, 2.45) is 0 Å². The van der Waals surface area contributed by atoms with Crippen LogP contribution in [0.3, 0.4) is 0 Å². The molecule has 2 rings (SSSR count). The molecule has 0 aliphatic rings. The van der Waals surface area contributed by atoms with Crippen molar-refractivity contribution in [3.63, 3.8) is 0 Å². The van der Waals surface area contributed by atoms with Crippen LogP contribution in [0.5, 0.6) is 0 Å². The maximum absolute atomic E-state index is 8.81. The van der Waals surface area contributed by atoms with E-state index < -0.39 is 0 Å². The second-order valence-electron chi connectivity index (χ2n) is 2.95. The van der Waals surface area contributed by atoms with Gasteiger partial charge in [0.1, 0.15) is 16.2 Å². The summed E-state index contributed by atoms with van der Waals surface area (Å²) in [5, 5.41) is 13.7. The van der Waals surface area contributed by atoms with E-state index in [1.54, 1.807) is 18.2 Å². The highest BCUT2D eigenvalue weighted by atomic mass is 79.9. The van der Waals surface area contributed by atoms with Crippen LogP contribution in [0, 0.1) is 11.3 Å². The van der Waals surface area contributed by atoms with Gasteiger partial charge < -0.3 is 0 Å². The molecule has 0 aliphatic carbocycles. The molecule has 0 amide bonds. The minimum absolute atomic E-state index is 0.400. The molecule has 80 valence electrons. The highest BCUT2D eigenvalue weighted by Crippen LogP contribution is 2.30. The molecule has 0 bridgehead atoms. The first-order chi connectivity index (χ1) is 7.65. The Morgan fingerprint density at radius 1 is 1.38 bits per heavy atom. The van der Waals surface area contributed by atoms with Crippen LogP contribution in [-0.4, -0.2) is 9.78 Å². The van der Waals surface area contributed by atoms with Crippen molar-refractivity contribution in [2.45, 2.75) is 0 Å². The summed E-state index contributed by atoms with van der Waals surface area (Å²) >= 11 is 15.2. The molecule has 0 N–H and O–H groups in total. The van der Waals surface area contributed by atoms with Gasteiger partial charge in [-0.3, -0.25) is 0 Å². The van der Waals surface area contributed by atoms with Crippen LogP contribution in [0.4, 0.5) is 0 Å². The number of hydrogen-bond acceptors (Lipinski definition) is 2. The van der Waals surface area contributed by atoms with Gasteiger partial charge in [-0.1, -0.05) is 29.3 Å². The summed E-state index contributed by atoms with van der Waals surface area (Å²) in [6.07, 6.45) is 1.46. The monoisotopic (exact) mass is 315 g/mol. The normalized spacial score (nSPS) is 10.1. The van der Waals surface area contributed by atoms with Crippen molar-refractivity contribution in [2.75, 3.05) is 0 Å². The van der Waals surface area contributed by atoms with Crippen LogP contribution in [0.15, 0.2) is 29.0 Å². The maximum Gasteiger partial charge on any atom is 0.127 e. The first-order valence-corrected chi connectivity index (χ1v) is 5.78. The Kier molecular flexibility index (Phi) is 3.20. The Morgan fingerprint density at radius 3 is 2.75 bits per heavy atom. The number of hydrogen-bond donors (Lipinski definition) is 0. The molecule has 16 heavy (non-hydrogen) atoms. The van der Waals surface area contributed by atoms with Gasteiger partial charge in [-0.05, 0) is 28.1 Å². The molecule has 3 nitrogen and oxygen atoms in total. The zero-order valence-corrected chi connectivity index (χ0v) is 10.9. The zero-order chi connectivity index (χ0) is 11.7. The van der Waals surface area contributed by atoms with Gasteiger partial charge in [-0.2, -0.15) is 10.4 Å². The first kappa shape index (κ1) is 11.5. The summed E-state index contributed by atoms with van der Waals surface area (Å²) < 4.78 is 2.08. The van der Waals surface area contributed by atoms with Crippen molar-refractivity contribution >= 4 is 39.1 Å². The van der Waals surface area contributed by atoms with Crippen LogP contribution < -0.4 is 0 Å². The Hall–Kier alpha value is -1.02. The van der Waals surface area contributed by atoms with Crippen molar-refractivity contribution in [1.82, 2.24) is 9.78 Å². The predicted molar refractivity (Wildman–Crippen MR) is 66.0 cm³/mol. The smallest absolute Gasteiger partial charge is 0.127 e. The highest BCUT2D eigenvalue weighted by Gasteiger charge is 2.13. The van der Waals surface area contributed by atoms with E-state index >= 15 is 0 Å². The summed E-state index contributed by atoms with van der Waals surface area (Å²) in [6.45, 7) is 0. The number of halogens is 3. The third-order valence-electron chi connectivity index (χ3n) is 1.99. The first-order valence-electron chi connectivity index (χ1n) is 4.23. The van der Waals surface area contributed by atoms with E-state index in [9.17, 15) is 0 Å². The van der Waals surface area contributed by atoms with E-state index in [1.165, 1.54) is 10.9 Å². The Morgan fingerprint density at radius 2 is 2.12 bits per heavy atom. The lowest BCUT2D eigenvalue weighted by molar-refractivity contribution is 0.861. The molecular formula is C10H4BrCl2N3. The molecule has 6 heteroatoms. The molecule has 0 fully saturated rings. The van der Waals surface area contributed by atoms with Crippen LogP contribution in [0.2, 0.25) is 10.0 Å². The minimum Gasteiger partial charge on any atom is -0.224 e. The van der Waals surface area contributed by atoms with Crippen molar-refractivity contribution in [3.8, 4) is 11.8 Å². The average molecular weight is 317 g/mol. The van der Waals surface area contributed by atoms with Crippen LogP contribution >= 0.6 is 39.1 Å². The molecule has 0 atom stereocenters. The fraction of sp³-hybridized carbons (Fsp3) is 0. The minimum atomic E-state index is 0.400. The van der Waals surface area contributed by atoms with Crippen molar-refractivity contribution in [3.05, 3.63) is 44.6 Å². The van der Waals surface area contributed by atoms with E-state index in [2.05, 4.69) is 21.0 Å². The molecule has 1 aromatic heterocycles. The third kappa shape index (κ3) is 1.82. The van der Waals surface area contributed by atoms with E-state index in [1.807, 2.05) is 6.07 Å². The second kappa shape index (κ2) is 4.46. The number of nitriles is 1. The zero-order valence-electron chi connectivity index (χ0n) is 7.78. The van der Waals surface area contributed by atoms with E-state index in [-0.39, 0.29) is 0 Å². The van der Waals surface area contributed by atoms with Crippen LogP contribution in [0.1, 0.15) is 5.56 Å². The van der Waals surface area contributed by atoms with Gasteiger partial charge in [-0.25, -0.2) is 4.68 Å². The average Bonchev–Trinajstić information content (AvgIpc) is 2.64. The lowest BCUT2D eigenvalue weighted by Gasteiger charge is -2.06. The summed E-state index contributed by atoms with van der Waals surface area (Å²) in [7, 11) is 0. The van der Waals surface area contributed by atoms with Gasteiger partial charge in [-0.15, -0.1) is 0 Å². The summed E-state index contributed by atoms with van der Waals surface area (Å²) in [5.74, 6) is 0. The number of rotatable bonds is 1. The van der Waals surface area contributed by atoms with Gasteiger partial charge in [0.05, 0.1) is 21.9 Å². The fourth-order valence-electron chi connectivity index (χ4n) is 1.23. The summed E-state index contributed by atoms with van der Waals surface area (Å²) in [4.78, 5) is 0. The van der Waals surface area contributed by atoms with Gasteiger partial charge >= 0.3 is 0 Å². The maximum atomic E-state index is 8.81. The number of aromatic nitrogens is 2. The van der Waals surface area contributed by atoms with Gasteiger partial charge in [0.15, 0.2) is 0 Å². The van der Waals surface area contributed by atoms with Crippen molar-refractivity contribution < 1.29 is 0 Å². The number of benzene rings is 1. The topological polar surface area (TPSA) is 41.6 Å². The second-order valence-corrected chi connectivity index (χ2v) is 4.48. The quantitative estimate of drug-likeness (QED) is 0.802. The van der Waals surface area contributed by atoms with Gasteiger partial charge in [0.2, 0.25) is 0 Å². The van der Waals surface area contributed by atoms with Crippen LogP contribution in [-0.2, 0) is 0 Å². The predicted octanol–water partition coefficient (Wildman–Crippen LogP) is 3.81. The SMILES string of the molecule is N#Cc1cnn(-c2cccc(Cl)c2Cl)c1Br. The molecule has 0 saturated heterocycles. The Labute approximate surface area is 110 Å². The highest BCUT2D eigenvalue weighted by molar-refractivity contribution is 9.10. The summed E-state index contributed by atoms with van der Waals surface area (Å²) in [5.41, 5.74) is 1.07. The molecule has 0 unspecified atom stereocenters. The van der Waals surface area contributed by atoms with Crippen LogP contribution in [0.25, 0.3) is 5.69 Å². The molecule has 0 saturated carbocycles. The number of nitrogens with zero attached hydrogens (tertiary/aromatic N) is 3. The van der Waals surface area contributed by atoms with Gasteiger partial charge in [0.25, 0.3) is 0 Å². The Balaban J connectivity index is 2.64. The summed E-state index contributed by atoms with van der Waals surface area (Å²) in [6, 6.07) is 7.24. The lowest BCUT2D eigenvalue weighted by atomic mass is 10.3. The van der Waals surface area contributed by atoms with Crippen molar-refractivity contribution in [1.29, 1.82) is 5.26 Å². The largest absolute Gasteiger partial charge is 0.224 e. The molecule has 0 spiro atoms. The molecule has 1 aromatic carbocycles. The molecule has 1 heterocycles. The molecule has 0 aliphatic heterocycles. The van der Waals surface area contributed by atoms with Gasteiger partial charge in [0, 0.05) is 0 Å². The van der Waals surface area contributed by atoms with E-state index in [0.29, 0.717) is 25.9 Å². The lowest BCUT2D eigenvalue weighted by Crippen LogP contribution is -1.97. The Bertz CT molecular complexity index is 586. The fourth-order valence-corrected chi connectivity index (χ4v) is 2.08. The van der Waals surface area contributed by atoms with E-state index in [4.69, 9.17) is 28.5 Å².